The second-order valence-electron chi connectivity index (χ2n) is 8.97. The summed E-state index contributed by atoms with van der Waals surface area (Å²) in [5.41, 5.74) is 1.02. The van der Waals surface area contributed by atoms with Crippen molar-refractivity contribution in [2.75, 3.05) is 18.8 Å². The fourth-order valence-electron chi connectivity index (χ4n) is 4.47. The number of ether oxygens (including phenoxy) is 1. The maximum Gasteiger partial charge on any atom is 0.242 e. The minimum atomic E-state index is 0.0653. The second kappa shape index (κ2) is 10.1. The Morgan fingerprint density at radius 2 is 1.71 bits per heavy atom. The molecule has 1 aliphatic heterocycles. The summed E-state index contributed by atoms with van der Waals surface area (Å²) in [7, 11) is 0. The number of benzene rings is 1. The van der Waals surface area contributed by atoms with Crippen LogP contribution in [0.25, 0.3) is 10.9 Å². The Hall–Kier alpha value is -1.99. The molecule has 6 nitrogen and oxygen atoms in total. The molecule has 1 aromatic heterocycles. The molecule has 3 rings (SSSR count). The molecule has 1 fully saturated rings. The van der Waals surface area contributed by atoms with Crippen molar-refractivity contribution in [1.82, 2.24) is 14.4 Å². The van der Waals surface area contributed by atoms with Crippen molar-refractivity contribution in [2.24, 2.45) is 0 Å². The van der Waals surface area contributed by atoms with E-state index in [9.17, 15) is 9.59 Å². The number of para-hydroxylation sites is 1. The number of fused-ring (bicyclic) bond motifs is 1. The van der Waals surface area contributed by atoms with Crippen LogP contribution in [0.15, 0.2) is 35.4 Å². The van der Waals surface area contributed by atoms with E-state index in [-0.39, 0.29) is 36.1 Å². The maximum atomic E-state index is 13.0. The predicted molar refractivity (Wildman–Crippen MR) is 126 cm³/mol. The Balaban J connectivity index is 1.75. The first-order chi connectivity index (χ1) is 14.7. The number of nitrogens with zero attached hydrogens (tertiary/aromatic N) is 3. The summed E-state index contributed by atoms with van der Waals surface area (Å²) in [4.78, 5) is 30.7. The topological polar surface area (TPSA) is 54.8 Å². The molecule has 0 spiro atoms. The molecular formula is C24H35N3O3S. The highest BCUT2D eigenvalue weighted by molar-refractivity contribution is 8.00. The number of carbonyl (C=O) groups is 2. The van der Waals surface area contributed by atoms with Crippen LogP contribution in [0, 0.1) is 0 Å². The molecule has 0 saturated carbocycles. The molecule has 31 heavy (non-hydrogen) atoms. The fourth-order valence-corrected chi connectivity index (χ4v) is 5.46. The lowest BCUT2D eigenvalue weighted by Gasteiger charge is -2.35. The molecule has 1 aromatic carbocycles. The van der Waals surface area contributed by atoms with E-state index in [1.807, 2.05) is 80.3 Å². The van der Waals surface area contributed by atoms with Crippen LogP contribution in [0.1, 0.15) is 41.5 Å². The van der Waals surface area contributed by atoms with Gasteiger partial charge in [0.2, 0.25) is 11.8 Å². The van der Waals surface area contributed by atoms with Crippen LogP contribution in [-0.4, -0.2) is 69.3 Å². The van der Waals surface area contributed by atoms with Gasteiger partial charge in [-0.15, -0.1) is 11.8 Å². The standard InChI is InChI=1S/C24H35N3O3S/c1-16(2)27(17(3)4)23(28)14-25-13-22(20-9-7-8-10-21(20)25)31-15-24(29)26-11-18(5)30-19(6)12-26/h7-10,13,16-19H,11-12,14-15H2,1-6H3/t18-,19-/m1/s1. The van der Waals surface area contributed by atoms with Crippen LogP contribution in [0.4, 0.5) is 0 Å². The van der Waals surface area contributed by atoms with Gasteiger partial charge in [0.25, 0.3) is 0 Å². The molecule has 0 unspecified atom stereocenters. The van der Waals surface area contributed by atoms with E-state index in [0.717, 1.165) is 15.8 Å². The highest BCUT2D eigenvalue weighted by Crippen LogP contribution is 2.30. The van der Waals surface area contributed by atoms with Crippen LogP contribution in [-0.2, 0) is 20.9 Å². The average Bonchev–Trinajstić information content (AvgIpc) is 3.02. The molecule has 7 heteroatoms. The van der Waals surface area contributed by atoms with Crippen molar-refractivity contribution in [3.63, 3.8) is 0 Å². The number of thioether (sulfide) groups is 1. The van der Waals surface area contributed by atoms with Gasteiger partial charge in [0.05, 0.1) is 18.0 Å². The molecule has 1 aliphatic rings. The van der Waals surface area contributed by atoms with E-state index in [4.69, 9.17) is 4.74 Å². The zero-order valence-corrected chi connectivity index (χ0v) is 20.3. The van der Waals surface area contributed by atoms with Gasteiger partial charge in [0.1, 0.15) is 6.54 Å². The number of amides is 2. The molecule has 0 aliphatic carbocycles. The lowest BCUT2D eigenvalue weighted by atomic mass is 10.2. The first-order valence-corrected chi connectivity index (χ1v) is 12.1. The molecule has 2 aromatic rings. The van der Waals surface area contributed by atoms with Crippen LogP contribution in [0.2, 0.25) is 0 Å². The third kappa shape index (κ3) is 5.63. The maximum absolute atomic E-state index is 13.0. The van der Waals surface area contributed by atoms with Crippen molar-refractivity contribution in [3.8, 4) is 0 Å². The Kier molecular flexibility index (Phi) is 7.70. The number of hydrogen-bond acceptors (Lipinski definition) is 4. The average molecular weight is 446 g/mol. The van der Waals surface area contributed by atoms with E-state index in [0.29, 0.717) is 25.4 Å². The van der Waals surface area contributed by atoms with Crippen LogP contribution >= 0.6 is 11.8 Å². The van der Waals surface area contributed by atoms with Crippen molar-refractivity contribution >= 4 is 34.5 Å². The van der Waals surface area contributed by atoms with Crippen molar-refractivity contribution in [1.29, 1.82) is 0 Å². The molecule has 0 bridgehead atoms. The molecule has 2 heterocycles. The van der Waals surface area contributed by atoms with Gasteiger partial charge in [-0.05, 0) is 47.6 Å². The van der Waals surface area contributed by atoms with Gasteiger partial charge < -0.3 is 19.1 Å². The second-order valence-corrected chi connectivity index (χ2v) is 9.99. The van der Waals surface area contributed by atoms with Gasteiger partial charge in [0.15, 0.2) is 0 Å². The Bertz CT molecular complexity index is 906. The third-order valence-corrected chi connectivity index (χ3v) is 6.61. The summed E-state index contributed by atoms with van der Waals surface area (Å²) in [5.74, 6) is 0.617. The first-order valence-electron chi connectivity index (χ1n) is 11.1. The Labute approximate surface area is 189 Å². The first kappa shape index (κ1) is 23.7. The molecule has 170 valence electrons. The van der Waals surface area contributed by atoms with Crippen LogP contribution in [0.3, 0.4) is 0 Å². The zero-order valence-electron chi connectivity index (χ0n) is 19.5. The smallest absolute Gasteiger partial charge is 0.242 e. The Morgan fingerprint density at radius 3 is 2.32 bits per heavy atom. The number of rotatable bonds is 7. The van der Waals surface area contributed by atoms with E-state index in [1.165, 1.54) is 0 Å². The number of morpholine rings is 1. The normalized spacial score (nSPS) is 19.4. The van der Waals surface area contributed by atoms with Gasteiger partial charge in [-0.1, -0.05) is 18.2 Å². The van der Waals surface area contributed by atoms with E-state index in [1.54, 1.807) is 11.8 Å². The minimum Gasteiger partial charge on any atom is -0.372 e. The molecule has 0 radical (unpaired) electrons. The SMILES string of the molecule is CC(C)N(C(=O)Cn1cc(SCC(=O)N2C[C@@H](C)O[C@H](C)C2)c2ccccc21)C(C)C. The third-order valence-electron chi connectivity index (χ3n) is 5.58. The van der Waals surface area contributed by atoms with Gasteiger partial charge in [-0.3, -0.25) is 9.59 Å². The van der Waals surface area contributed by atoms with Crippen LogP contribution in [0.5, 0.6) is 0 Å². The lowest BCUT2D eigenvalue weighted by Crippen LogP contribution is -2.48. The quantitative estimate of drug-likeness (QED) is 0.604. The van der Waals surface area contributed by atoms with Gasteiger partial charge in [-0.2, -0.15) is 0 Å². The number of aromatic nitrogens is 1. The minimum absolute atomic E-state index is 0.0653. The van der Waals surface area contributed by atoms with E-state index in [2.05, 4.69) is 6.07 Å². The molecular weight excluding hydrogens is 410 g/mol. The highest BCUT2D eigenvalue weighted by Gasteiger charge is 2.26. The van der Waals surface area contributed by atoms with Crippen molar-refractivity contribution < 1.29 is 14.3 Å². The summed E-state index contributed by atoms with van der Waals surface area (Å²) in [5, 5.41) is 1.08. The summed E-state index contributed by atoms with van der Waals surface area (Å²) < 4.78 is 7.76. The molecule has 2 amide bonds. The largest absolute Gasteiger partial charge is 0.372 e. The van der Waals surface area contributed by atoms with Crippen molar-refractivity contribution in [3.05, 3.63) is 30.5 Å². The lowest BCUT2D eigenvalue weighted by molar-refractivity contribution is -0.140. The van der Waals surface area contributed by atoms with Gasteiger partial charge in [0, 0.05) is 47.2 Å². The molecule has 0 N–H and O–H groups in total. The molecule has 2 atom stereocenters. The number of carbonyl (C=O) groups excluding carboxylic acids is 2. The van der Waals surface area contributed by atoms with Crippen LogP contribution < -0.4 is 0 Å². The summed E-state index contributed by atoms with van der Waals surface area (Å²) in [6.45, 7) is 13.8. The van der Waals surface area contributed by atoms with E-state index >= 15 is 0 Å². The highest BCUT2D eigenvalue weighted by atomic mass is 32.2. The summed E-state index contributed by atoms with van der Waals surface area (Å²) in [6.07, 6.45) is 2.15. The molecule has 1 saturated heterocycles. The zero-order chi connectivity index (χ0) is 22.7. The van der Waals surface area contributed by atoms with Gasteiger partial charge >= 0.3 is 0 Å². The fraction of sp³-hybridized carbons (Fsp3) is 0.583. The number of hydrogen-bond donors (Lipinski definition) is 0. The van der Waals surface area contributed by atoms with Gasteiger partial charge in [-0.25, -0.2) is 0 Å². The summed E-state index contributed by atoms with van der Waals surface area (Å²) >= 11 is 1.55. The van der Waals surface area contributed by atoms with E-state index < -0.39 is 0 Å². The van der Waals surface area contributed by atoms with Crippen molar-refractivity contribution in [2.45, 2.75) is 77.3 Å². The summed E-state index contributed by atoms with van der Waals surface area (Å²) in [6, 6.07) is 8.39. The Morgan fingerprint density at radius 1 is 1.10 bits per heavy atom. The predicted octanol–water partition coefficient (Wildman–Crippen LogP) is 4.01. The monoisotopic (exact) mass is 445 g/mol.